The Hall–Kier alpha value is -0.680. The minimum absolute atomic E-state index is 0.191. The lowest BCUT2D eigenvalue weighted by Crippen LogP contribution is -2.18. The Morgan fingerprint density at radius 3 is 2.56 bits per heavy atom. The molecule has 1 atom stereocenters. The summed E-state index contributed by atoms with van der Waals surface area (Å²) in [5.41, 5.74) is -4.22. The Morgan fingerprint density at radius 1 is 1.44 bits per heavy atom. The molecule has 0 aromatic heterocycles. The molecule has 1 rings (SSSR count). The van der Waals surface area contributed by atoms with Crippen molar-refractivity contribution in [3.8, 4) is 0 Å². The van der Waals surface area contributed by atoms with Gasteiger partial charge in [-0.05, 0) is 30.8 Å². The minimum Gasteiger partial charge on any atom is -0.293 e. The molecule has 0 radical (unpaired) electrons. The van der Waals surface area contributed by atoms with E-state index in [4.69, 9.17) is 11.6 Å². The van der Waals surface area contributed by atoms with Crippen LogP contribution in [0.4, 0.5) is 13.2 Å². The van der Waals surface area contributed by atoms with Gasteiger partial charge >= 0.3 is 5.51 Å². The molecule has 1 aromatic carbocycles. The number of alkyl halides is 3. The summed E-state index contributed by atoms with van der Waals surface area (Å²) >= 11 is 5.32. The third-order valence-electron chi connectivity index (χ3n) is 1.79. The minimum atomic E-state index is -4.41. The third-order valence-corrected chi connectivity index (χ3v) is 2.86. The van der Waals surface area contributed by atoms with Crippen LogP contribution in [-0.2, 0) is 0 Å². The molecule has 0 saturated heterocycles. The number of thioether (sulfide) groups is 1. The first-order chi connectivity index (χ1) is 7.29. The van der Waals surface area contributed by atoms with Crippen LogP contribution in [0.2, 0.25) is 5.02 Å². The van der Waals surface area contributed by atoms with Crippen LogP contribution in [0.3, 0.4) is 0 Å². The maximum absolute atomic E-state index is 12.0. The van der Waals surface area contributed by atoms with E-state index < -0.39 is 16.5 Å². The molecule has 0 aliphatic heterocycles. The van der Waals surface area contributed by atoms with Gasteiger partial charge in [0, 0.05) is 10.6 Å². The molecule has 88 valence electrons. The number of hydrogen-bond donors (Lipinski definition) is 0. The fourth-order valence-electron chi connectivity index (χ4n) is 1.13. The Labute approximate surface area is 100.0 Å². The fraction of sp³-hybridized carbons (Fsp3) is 0.300. The molecule has 0 aliphatic rings. The number of halogens is 4. The van der Waals surface area contributed by atoms with Gasteiger partial charge in [-0.15, -0.1) is 0 Å². The van der Waals surface area contributed by atoms with Crippen molar-refractivity contribution in [1.82, 2.24) is 0 Å². The Bertz CT molecular complexity index is 392. The van der Waals surface area contributed by atoms with Crippen molar-refractivity contribution in [1.29, 1.82) is 0 Å². The molecule has 0 aliphatic carbocycles. The van der Waals surface area contributed by atoms with Crippen LogP contribution >= 0.6 is 23.4 Å². The number of ketones is 1. The number of hydrogen-bond acceptors (Lipinski definition) is 2. The van der Waals surface area contributed by atoms with Gasteiger partial charge in [0.1, 0.15) is 0 Å². The molecular formula is C10H8ClF3OS. The summed E-state index contributed by atoms with van der Waals surface area (Å²) in [6, 6.07) is 5.89. The highest BCUT2D eigenvalue weighted by atomic mass is 35.5. The van der Waals surface area contributed by atoms with E-state index in [-0.39, 0.29) is 17.3 Å². The number of benzene rings is 1. The largest absolute Gasteiger partial charge is 0.442 e. The standard InChI is InChI=1S/C10H8ClF3OS/c1-6(16-10(12,13)14)9(15)7-3-2-4-8(11)5-7/h2-6H,1H3/t6-/m0/s1. The van der Waals surface area contributed by atoms with Crippen LogP contribution in [-0.4, -0.2) is 16.5 Å². The first-order valence-corrected chi connectivity index (χ1v) is 5.59. The Kier molecular flexibility index (Phi) is 4.27. The van der Waals surface area contributed by atoms with Gasteiger partial charge in [0.25, 0.3) is 0 Å². The molecular weight excluding hydrogens is 261 g/mol. The predicted octanol–water partition coefficient (Wildman–Crippen LogP) is 4.16. The van der Waals surface area contributed by atoms with Gasteiger partial charge in [0.05, 0.1) is 5.25 Å². The molecule has 1 aromatic rings. The summed E-state index contributed by atoms with van der Waals surface area (Å²) in [5.74, 6) is -0.579. The van der Waals surface area contributed by atoms with Gasteiger partial charge in [-0.25, -0.2) is 0 Å². The van der Waals surface area contributed by atoms with Gasteiger partial charge in [-0.3, -0.25) is 4.79 Å². The van der Waals surface area contributed by atoms with Crippen molar-refractivity contribution in [2.75, 3.05) is 0 Å². The van der Waals surface area contributed by atoms with Crippen molar-refractivity contribution < 1.29 is 18.0 Å². The molecule has 0 bridgehead atoms. The second-order valence-electron chi connectivity index (χ2n) is 3.08. The summed E-state index contributed by atoms with van der Waals surface area (Å²) in [6.45, 7) is 1.22. The Morgan fingerprint density at radius 2 is 2.06 bits per heavy atom. The molecule has 1 nitrogen and oxygen atoms in total. The maximum atomic E-state index is 12.0. The van der Waals surface area contributed by atoms with Crippen molar-refractivity contribution in [3.63, 3.8) is 0 Å². The van der Waals surface area contributed by atoms with Crippen LogP contribution < -0.4 is 0 Å². The van der Waals surface area contributed by atoms with Crippen molar-refractivity contribution in [2.24, 2.45) is 0 Å². The predicted molar refractivity (Wildman–Crippen MR) is 58.9 cm³/mol. The molecule has 0 N–H and O–H groups in total. The van der Waals surface area contributed by atoms with E-state index in [1.54, 1.807) is 6.07 Å². The average molecular weight is 269 g/mol. The lowest BCUT2D eigenvalue weighted by atomic mass is 10.1. The molecule has 0 amide bonds. The second kappa shape index (κ2) is 5.10. The van der Waals surface area contributed by atoms with Crippen molar-refractivity contribution >= 4 is 29.1 Å². The van der Waals surface area contributed by atoms with Gasteiger partial charge in [0.15, 0.2) is 5.78 Å². The van der Waals surface area contributed by atoms with Gasteiger partial charge in [-0.2, -0.15) is 13.2 Å². The van der Waals surface area contributed by atoms with Gasteiger partial charge in [0.2, 0.25) is 0 Å². The van der Waals surface area contributed by atoms with E-state index in [1.807, 2.05) is 0 Å². The van der Waals surface area contributed by atoms with Crippen molar-refractivity contribution in [3.05, 3.63) is 34.9 Å². The summed E-state index contributed by atoms with van der Waals surface area (Å²) in [4.78, 5) is 11.6. The van der Waals surface area contributed by atoms with Crippen LogP contribution in [0.5, 0.6) is 0 Å². The topological polar surface area (TPSA) is 17.1 Å². The second-order valence-corrected chi connectivity index (χ2v) is 4.92. The summed E-state index contributed by atoms with van der Waals surface area (Å²) in [7, 11) is 0. The molecule has 16 heavy (non-hydrogen) atoms. The lowest BCUT2D eigenvalue weighted by molar-refractivity contribution is -0.0332. The molecule has 0 heterocycles. The van der Waals surface area contributed by atoms with Crippen LogP contribution in [0.1, 0.15) is 17.3 Å². The van der Waals surface area contributed by atoms with Crippen LogP contribution in [0.15, 0.2) is 24.3 Å². The maximum Gasteiger partial charge on any atom is 0.442 e. The first kappa shape index (κ1) is 13.4. The molecule has 0 unspecified atom stereocenters. The number of carbonyl (C=O) groups is 1. The monoisotopic (exact) mass is 268 g/mol. The Balaban J connectivity index is 2.78. The highest BCUT2D eigenvalue weighted by molar-refractivity contribution is 8.01. The van der Waals surface area contributed by atoms with Gasteiger partial charge in [-0.1, -0.05) is 23.7 Å². The fourth-order valence-corrected chi connectivity index (χ4v) is 1.96. The zero-order chi connectivity index (χ0) is 12.3. The quantitative estimate of drug-likeness (QED) is 0.766. The van der Waals surface area contributed by atoms with Crippen LogP contribution in [0, 0.1) is 0 Å². The van der Waals surface area contributed by atoms with E-state index in [9.17, 15) is 18.0 Å². The highest BCUT2D eigenvalue weighted by Gasteiger charge is 2.34. The number of carbonyl (C=O) groups excluding carboxylic acids is 1. The van der Waals surface area contributed by atoms with E-state index in [1.165, 1.54) is 25.1 Å². The third kappa shape index (κ3) is 4.06. The smallest absolute Gasteiger partial charge is 0.293 e. The molecule has 6 heteroatoms. The summed E-state index contributed by atoms with van der Waals surface area (Å²) in [5, 5.41) is -0.839. The summed E-state index contributed by atoms with van der Waals surface area (Å²) in [6.07, 6.45) is 0. The van der Waals surface area contributed by atoms with Gasteiger partial charge < -0.3 is 0 Å². The van der Waals surface area contributed by atoms with Crippen molar-refractivity contribution in [2.45, 2.75) is 17.7 Å². The zero-order valence-corrected chi connectivity index (χ0v) is 9.79. The number of rotatable bonds is 3. The van der Waals surface area contributed by atoms with E-state index in [2.05, 4.69) is 0 Å². The highest BCUT2D eigenvalue weighted by Crippen LogP contribution is 2.35. The molecule has 0 spiro atoms. The zero-order valence-electron chi connectivity index (χ0n) is 8.22. The SMILES string of the molecule is C[C@H](SC(F)(F)F)C(=O)c1cccc(Cl)c1. The van der Waals surface area contributed by atoms with E-state index in [0.29, 0.717) is 5.02 Å². The molecule has 0 saturated carbocycles. The number of Topliss-reactive ketones (excluding diaryl/α,β-unsaturated/α-hetero) is 1. The first-order valence-electron chi connectivity index (χ1n) is 4.34. The van der Waals surface area contributed by atoms with Crippen LogP contribution in [0.25, 0.3) is 0 Å². The lowest BCUT2D eigenvalue weighted by Gasteiger charge is -2.12. The average Bonchev–Trinajstić information content (AvgIpc) is 2.14. The normalized spacial score (nSPS) is 13.6. The van der Waals surface area contributed by atoms with E-state index >= 15 is 0 Å². The summed E-state index contributed by atoms with van der Waals surface area (Å²) < 4.78 is 36.1. The molecule has 0 fully saturated rings. The van der Waals surface area contributed by atoms with E-state index in [0.717, 1.165) is 0 Å².